The summed E-state index contributed by atoms with van der Waals surface area (Å²) in [6.07, 6.45) is 1.38. The molecule has 2 aliphatic rings. The first kappa shape index (κ1) is 19.7. The van der Waals surface area contributed by atoms with Crippen molar-refractivity contribution in [1.82, 2.24) is 9.55 Å². The fourth-order valence-corrected chi connectivity index (χ4v) is 4.27. The van der Waals surface area contributed by atoms with E-state index in [4.69, 9.17) is 5.26 Å². The number of rotatable bonds is 4. The molecular formula is C20H20F4N4O. The topological polar surface area (TPSA) is 70.7 Å². The van der Waals surface area contributed by atoms with Gasteiger partial charge in [0.1, 0.15) is 5.52 Å². The van der Waals surface area contributed by atoms with E-state index in [1.54, 1.807) is 4.57 Å². The summed E-state index contributed by atoms with van der Waals surface area (Å²) in [5.41, 5.74) is -2.64. The zero-order valence-electron chi connectivity index (χ0n) is 16.0. The molecule has 29 heavy (non-hydrogen) atoms. The molecule has 1 amide bonds. The minimum Gasteiger partial charge on any atom is -0.304 e. The van der Waals surface area contributed by atoms with E-state index in [1.807, 2.05) is 13.0 Å². The first-order valence-corrected chi connectivity index (χ1v) is 9.48. The van der Waals surface area contributed by atoms with Crippen LogP contribution in [0.2, 0.25) is 0 Å². The average Bonchev–Trinajstić information content (AvgIpc) is 2.97. The summed E-state index contributed by atoms with van der Waals surface area (Å²) >= 11 is 0. The second-order valence-corrected chi connectivity index (χ2v) is 8.49. The van der Waals surface area contributed by atoms with E-state index in [-0.39, 0.29) is 17.0 Å². The van der Waals surface area contributed by atoms with Gasteiger partial charge >= 0.3 is 0 Å². The molecule has 2 fully saturated rings. The number of anilines is 1. The van der Waals surface area contributed by atoms with E-state index in [2.05, 4.69) is 10.3 Å². The molecule has 1 aromatic heterocycles. The molecule has 154 valence electrons. The Kier molecular flexibility index (Phi) is 4.19. The molecule has 0 radical (unpaired) electrons. The molecule has 0 bridgehead atoms. The molecule has 1 heterocycles. The highest BCUT2D eigenvalue weighted by atomic mass is 19.3. The molecule has 2 aliphatic carbocycles. The van der Waals surface area contributed by atoms with Crippen LogP contribution >= 0.6 is 0 Å². The number of hydrogen-bond donors (Lipinski definition) is 1. The Morgan fingerprint density at radius 1 is 1.34 bits per heavy atom. The number of nitrogens with one attached hydrogen (secondary N) is 1. The highest BCUT2D eigenvalue weighted by Gasteiger charge is 2.66. The lowest BCUT2D eigenvalue weighted by molar-refractivity contribution is -0.242. The van der Waals surface area contributed by atoms with Crippen LogP contribution in [0.25, 0.3) is 11.0 Å². The second-order valence-electron chi connectivity index (χ2n) is 8.49. The lowest BCUT2D eigenvalue weighted by Crippen LogP contribution is -2.60. The van der Waals surface area contributed by atoms with Crippen molar-refractivity contribution >= 4 is 22.9 Å². The fourth-order valence-electron chi connectivity index (χ4n) is 4.27. The largest absolute Gasteiger partial charge is 0.304 e. The number of alkyl halides is 3. The first-order chi connectivity index (χ1) is 13.5. The SMILES string of the molecule is CC1(n2c(NC(=O)CC3CC(F)(F)C3(C)F)nc3c(F)cc(C#N)cc32)CCC1. The molecule has 4 rings (SSSR count). The van der Waals surface area contributed by atoms with Gasteiger partial charge in [0.15, 0.2) is 11.5 Å². The molecule has 1 N–H and O–H groups in total. The van der Waals surface area contributed by atoms with Gasteiger partial charge in [-0.05, 0) is 45.2 Å². The zero-order valence-corrected chi connectivity index (χ0v) is 16.0. The summed E-state index contributed by atoms with van der Waals surface area (Å²) in [4.78, 5) is 16.7. The number of carbonyl (C=O) groups excluding carboxylic acids is 1. The molecule has 0 aliphatic heterocycles. The average molecular weight is 408 g/mol. The number of nitrogens with zero attached hydrogens (tertiary/aromatic N) is 3. The summed E-state index contributed by atoms with van der Waals surface area (Å²) in [5, 5.41) is 11.7. The molecule has 2 unspecified atom stereocenters. The van der Waals surface area contributed by atoms with Crippen molar-refractivity contribution in [3.8, 4) is 6.07 Å². The molecule has 2 saturated carbocycles. The van der Waals surface area contributed by atoms with Crippen molar-refractivity contribution in [3.63, 3.8) is 0 Å². The number of nitriles is 1. The molecule has 0 saturated heterocycles. The van der Waals surface area contributed by atoms with E-state index < -0.39 is 47.6 Å². The molecular weight excluding hydrogens is 388 g/mol. The lowest BCUT2D eigenvalue weighted by Gasteiger charge is -2.47. The minimum atomic E-state index is -3.44. The van der Waals surface area contributed by atoms with Crippen LogP contribution in [0.3, 0.4) is 0 Å². The van der Waals surface area contributed by atoms with Crippen LogP contribution in [0.1, 0.15) is 51.5 Å². The van der Waals surface area contributed by atoms with Gasteiger partial charge < -0.3 is 4.57 Å². The Bertz CT molecular complexity index is 1050. The predicted molar refractivity (Wildman–Crippen MR) is 97.7 cm³/mol. The normalized spacial score (nSPS) is 27.0. The third-order valence-electron chi connectivity index (χ3n) is 6.48. The van der Waals surface area contributed by atoms with Crippen LogP contribution in [0.15, 0.2) is 12.1 Å². The van der Waals surface area contributed by atoms with Crippen molar-refractivity contribution in [2.75, 3.05) is 5.32 Å². The number of fused-ring (bicyclic) bond motifs is 1. The van der Waals surface area contributed by atoms with Crippen LogP contribution in [0.4, 0.5) is 23.5 Å². The van der Waals surface area contributed by atoms with Crippen LogP contribution in [0, 0.1) is 23.1 Å². The summed E-state index contributed by atoms with van der Waals surface area (Å²) in [7, 11) is 0. The van der Waals surface area contributed by atoms with E-state index in [0.29, 0.717) is 5.52 Å². The zero-order chi connectivity index (χ0) is 21.2. The Morgan fingerprint density at radius 3 is 2.55 bits per heavy atom. The van der Waals surface area contributed by atoms with Crippen molar-refractivity contribution in [1.29, 1.82) is 5.26 Å². The molecule has 1 aromatic carbocycles. The van der Waals surface area contributed by atoms with Crippen LogP contribution in [-0.4, -0.2) is 27.0 Å². The highest BCUT2D eigenvalue weighted by molar-refractivity contribution is 5.92. The van der Waals surface area contributed by atoms with Gasteiger partial charge in [-0.15, -0.1) is 0 Å². The molecule has 9 heteroatoms. The van der Waals surface area contributed by atoms with E-state index >= 15 is 0 Å². The summed E-state index contributed by atoms with van der Waals surface area (Å²) in [6, 6.07) is 4.48. The van der Waals surface area contributed by atoms with Gasteiger partial charge in [0.2, 0.25) is 11.9 Å². The van der Waals surface area contributed by atoms with Gasteiger partial charge in [0.25, 0.3) is 5.92 Å². The van der Waals surface area contributed by atoms with Crippen LogP contribution < -0.4 is 5.32 Å². The maximum Gasteiger partial charge on any atom is 0.281 e. The molecule has 2 aromatic rings. The number of aromatic nitrogens is 2. The summed E-state index contributed by atoms with van der Waals surface area (Å²) in [5.74, 6) is -5.81. The van der Waals surface area contributed by atoms with E-state index in [9.17, 15) is 22.4 Å². The predicted octanol–water partition coefficient (Wildman–Crippen LogP) is 4.66. The summed E-state index contributed by atoms with van der Waals surface area (Å²) in [6.45, 7) is 2.74. The second kappa shape index (κ2) is 6.18. The maximum atomic E-state index is 14.5. The smallest absolute Gasteiger partial charge is 0.281 e. The van der Waals surface area contributed by atoms with Gasteiger partial charge in [-0.2, -0.15) is 5.26 Å². The van der Waals surface area contributed by atoms with Gasteiger partial charge in [-0.1, -0.05) is 0 Å². The third kappa shape index (κ3) is 2.88. The number of halogens is 4. The quantitative estimate of drug-likeness (QED) is 0.748. The van der Waals surface area contributed by atoms with Crippen LogP contribution in [-0.2, 0) is 10.3 Å². The van der Waals surface area contributed by atoms with E-state index in [1.165, 1.54) is 6.07 Å². The molecule has 2 atom stereocenters. The first-order valence-electron chi connectivity index (χ1n) is 9.48. The van der Waals surface area contributed by atoms with Crippen molar-refractivity contribution < 1.29 is 22.4 Å². The molecule has 0 spiro atoms. The minimum absolute atomic E-state index is 0.0120. The molecule has 5 nitrogen and oxygen atoms in total. The standard InChI is InChI=1S/C20H20F4N4O/c1-18(4-3-5-18)28-14-7-11(10-25)6-13(21)16(14)27-17(28)26-15(29)8-12-9-20(23,24)19(12,2)22/h6-7,12H,3-5,8-9H2,1-2H3,(H,26,27,29). The Morgan fingerprint density at radius 2 is 2.03 bits per heavy atom. The third-order valence-corrected chi connectivity index (χ3v) is 6.48. The van der Waals surface area contributed by atoms with Crippen molar-refractivity contribution in [3.05, 3.63) is 23.5 Å². The maximum absolute atomic E-state index is 14.5. The fraction of sp³-hybridized carbons (Fsp3) is 0.550. The Balaban J connectivity index is 1.67. The monoisotopic (exact) mass is 408 g/mol. The van der Waals surface area contributed by atoms with Crippen molar-refractivity contribution in [2.45, 2.75) is 63.1 Å². The van der Waals surface area contributed by atoms with Gasteiger partial charge in [-0.25, -0.2) is 22.5 Å². The van der Waals surface area contributed by atoms with Crippen LogP contribution in [0.5, 0.6) is 0 Å². The van der Waals surface area contributed by atoms with Gasteiger partial charge in [0, 0.05) is 24.3 Å². The van der Waals surface area contributed by atoms with Gasteiger partial charge in [0.05, 0.1) is 17.1 Å². The Hall–Kier alpha value is -2.63. The number of imidazole rings is 1. The number of benzene rings is 1. The lowest BCUT2D eigenvalue weighted by atomic mass is 9.67. The van der Waals surface area contributed by atoms with Gasteiger partial charge in [-0.3, -0.25) is 10.1 Å². The summed E-state index contributed by atoms with van der Waals surface area (Å²) < 4.78 is 57.1. The van der Waals surface area contributed by atoms with E-state index in [0.717, 1.165) is 32.3 Å². The number of carbonyl (C=O) groups is 1. The van der Waals surface area contributed by atoms with Crippen molar-refractivity contribution in [2.24, 2.45) is 5.92 Å². The number of amides is 1. The highest BCUT2D eigenvalue weighted by Crippen LogP contribution is 2.55. The Labute approximate surface area is 164 Å². The number of hydrogen-bond acceptors (Lipinski definition) is 3.